The first-order valence-corrected chi connectivity index (χ1v) is 16.2. The van der Waals surface area contributed by atoms with Crippen LogP contribution in [-0.2, 0) is 9.47 Å². The Morgan fingerprint density at radius 3 is 1.31 bits per heavy atom. The normalized spacial score (nSPS) is 21.0. The number of nitrogens with zero attached hydrogens (tertiary/aromatic N) is 6. The molecule has 0 aromatic carbocycles. The Hall–Kier alpha value is -3.12. The Morgan fingerprint density at radius 1 is 0.622 bits per heavy atom. The Balaban J connectivity index is 2.26. The van der Waals surface area contributed by atoms with Gasteiger partial charge in [-0.1, -0.05) is 65.8 Å². The van der Waals surface area contributed by atoms with Crippen molar-refractivity contribution in [2.45, 2.75) is 139 Å². The first-order valence-electron chi connectivity index (χ1n) is 16.2. The maximum absolute atomic E-state index is 13.6. The summed E-state index contributed by atoms with van der Waals surface area (Å²) in [4.78, 5) is 53.7. The van der Waals surface area contributed by atoms with Crippen molar-refractivity contribution in [1.29, 1.82) is 0 Å². The van der Waals surface area contributed by atoms with E-state index in [4.69, 9.17) is 9.47 Å². The number of aromatic nitrogens is 6. The van der Waals surface area contributed by atoms with E-state index in [0.717, 1.165) is 0 Å². The highest BCUT2D eigenvalue weighted by atomic mass is 16.5. The molecular formula is C33H52N6O6. The van der Waals surface area contributed by atoms with Gasteiger partial charge in [-0.2, -0.15) is 0 Å². The van der Waals surface area contributed by atoms with Crippen molar-refractivity contribution in [3.05, 3.63) is 22.8 Å². The lowest BCUT2D eigenvalue weighted by molar-refractivity contribution is -0.142. The Kier molecular flexibility index (Phi) is 11.4. The van der Waals surface area contributed by atoms with E-state index in [1.165, 1.54) is 0 Å². The van der Waals surface area contributed by atoms with Gasteiger partial charge in [0.15, 0.2) is 34.5 Å². The van der Waals surface area contributed by atoms with E-state index in [9.17, 15) is 19.2 Å². The van der Waals surface area contributed by atoms with E-state index >= 15 is 0 Å². The lowest BCUT2D eigenvalue weighted by Crippen LogP contribution is -2.47. The summed E-state index contributed by atoms with van der Waals surface area (Å²) in [6, 6.07) is -1.06. The number of hydrogen-bond donors (Lipinski definition) is 0. The minimum atomic E-state index is -0.601. The summed E-state index contributed by atoms with van der Waals surface area (Å²) in [5.74, 6) is -2.56. The Bertz CT molecular complexity index is 1400. The van der Waals surface area contributed by atoms with E-state index in [-0.39, 0.29) is 63.8 Å². The second-order valence-electron chi connectivity index (χ2n) is 14.6. The number of hydrogen-bond acceptors (Lipinski definition) is 10. The van der Waals surface area contributed by atoms with Crippen molar-refractivity contribution in [2.75, 3.05) is 0 Å². The van der Waals surface area contributed by atoms with Gasteiger partial charge in [-0.3, -0.25) is 19.2 Å². The van der Waals surface area contributed by atoms with Crippen LogP contribution in [0.2, 0.25) is 0 Å². The lowest BCUT2D eigenvalue weighted by Gasteiger charge is -2.44. The fraction of sp³-hybridized carbons (Fsp3) is 0.758. The van der Waals surface area contributed by atoms with Crippen LogP contribution in [0.15, 0.2) is 0 Å². The molecular weight excluding hydrogens is 576 g/mol. The molecule has 12 heteroatoms. The fourth-order valence-electron chi connectivity index (χ4n) is 5.62. The molecule has 0 bridgehead atoms. The molecule has 4 atom stereocenters. The average molecular weight is 629 g/mol. The predicted octanol–water partition coefficient (Wildman–Crippen LogP) is 5.78. The number of rotatable bonds is 13. The van der Waals surface area contributed by atoms with Crippen LogP contribution in [0.5, 0.6) is 0 Å². The van der Waals surface area contributed by atoms with E-state index in [1.54, 1.807) is 64.8 Å². The van der Waals surface area contributed by atoms with Crippen molar-refractivity contribution in [2.24, 2.45) is 23.7 Å². The zero-order chi connectivity index (χ0) is 34.1. The molecule has 4 unspecified atom stereocenters. The molecule has 1 aliphatic carbocycles. The summed E-state index contributed by atoms with van der Waals surface area (Å²) in [6.45, 7) is 23.8. The molecule has 1 saturated carbocycles. The summed E-state index contributed by atoms with van der Waals surface area (Å²) in [7, 11) is 0. The van der Waals surface area contributed by atoms with Crippen LogP contribution in [0, 0.1) is 23.7 Å². The molecule has 2 aromatic rings. The molecule has 1 aliphatic rings. The minimum absolute atomic E-state index is 0.0552. The molecule has 2 aromatic heterocycles. The second kappa shape index (κ2) is 14.1. The first-order chi connectivity index (χ1) is 20.8. The third kappa shape index (κ3) is 8.00. The summed E-state index contributed by atoms with van der Waals surface area (Å²) < 4.78 is 16.2. The molecule has 0 amide bonds. The van der Waals surface area contributed by atoms with Gasteiger partial charge in [-0.05, 0) is 34.6 Å². The van der Waals surface area contributed by atoms with Crippen LogP contribution >= 0.6 is 0 Å². The highest BCUT2D eigenvalue weighted by molar-refractivity contribution is 6.08. The van der Waals surface area contributed by atoms with Crippen LogP contribution in [0.4, 0.5) is 0 Å². The zero-order valence-electron chi connectivity index (χ0n) is 29.2. The van der Waals surface area contributed by atoms with E-state index in [0.29, 0.717) is 12.8 Å². The SMILES string of the molecule is CC(C)OC1CC(n2nnc(C(=O)C(C)C)c2C(=O)C(C)C)C(OC(C)(C)C)CC1n1nnc(C(=O)C(C)C)c1C(=O)C(C)C. The fourth-order valence-corrected chi connectivity index (χ4v) is 5.62. The number of carbonyl (C=O) groups excluding carboxylic acids is 4. The largest absolute Gasteiger partial charge is 0.373 e. The number of ketones is 4. The van der Waals surface area contributed by atoms with Crippen LogP contribution in [0.25, 0.3) is 0 Å². The average Bonchev–Trinajstić information content (AvgIpc) is 3.55. The van der Waals surface area contributed by atoms with Crippen molar-refractivity contribution < 1.29 is 28.7 Å². The lowest BCUT2D eigenvalue weighted by atomic mass is 9.84. The third-order valence-corrected chi connectivity index (χ3v) is 7.81. The molecule has 3 rings (SSSR count). The smallest absolute Gasteiger partial charge is 0.188 e. The van der Waals surface area contributed by atoms with Gasteiger partial charge in [0.05, 0.1) is 36.0 Å². The summed E-state index contributed by atoms with van der Waals surface area (Å²) in [5.41, 5.74) is -0.157. The molecule has 0 radical (unpaired) electrons. The van der Waals surface area contributed by atoms with Gasteiger partial charge in [0.25, 0.3) is 0 Å². The van der Waals surface area contributed by atoms with Crippen molar-refractivity contribution in [3.8, 4) is 0 Å². The quantitative estimate of drug-likeness (QED) is 0.250. The summed E-state index contributed by atoms with van der Waals surface area (Å²) in [5, 5.41) is 17.3. The van der Waals surface area contributed by atoms with Gasteiger partial charge >= 0.3 is 0 Å². The second-order valence-corrected chi connectivity index (χ2v) is 14.6. The van der Waals surface area contributed by atoms with E-state index in [1.807, 2.05) is 34.6 Å². The molecule has 0 saturated heterocycles. The van der Waals surface area contributed by atoms with Gasteiger partial charge in [-0.15, -0.1) is 10.2 Å². The molecule has 1 fully saturated rings. The summed E-state index contributed by atoms with van der Waals surface area (Å²) in [6.07, 6.45) is -0.677. The van der Waals surface area contributed by atoms with E-state index in [2.05, 4.69) is 20.6 Å². The Labute approximate surface area is 267 Å². The first kappa shape index (κ1) is 36.3. The number of ether oxygens (including phenoxy) is 2. The Morgan fingerprint density at radius 2 is 0.978 bits per heavy atom. The molecule has 250 valence electrons. The molecule has 45 heavy (non-hydrogen) atoms. The van der Waals surface area contributed by atoms with Crippen molar-refractivity contribution in [1.82, 2.24) is 30.0 Å². The summed E-state index contributed by atoms with van der Waals surface area (Å²) >= 11 is 0. The van der Waals surface area contributed by atoms with Gasteiger partial charge in [0.2, 0.25) is 0 Å². The molecule has 0 aliphatic heterocycles. The maximum atomic E-state index is 13.6. The van der Waals surface area contributed by atoms with Crippen LogP contribution in [0.1, 0.15) is 157 Å². The van der Waals surface area contributed by atoms with Gasteiger partial charge in [0.1, 0.15) is 11.4 Å². The highest BCUT2D eigenvalue weighted by Gasteiger charge is 2.47. The van der Waals surface area contributed by atoms with Crippen LogP contribution in [-0.4, -0.2) is 77.0 Å². The van der Waals surface area contributed by atoms with Crippen LogP contribution in [0.3, 0.4) is 0 Å². The van der Waals surface area contributed by atoms with Crippen molar-refractivity contribution >= 4 is 23.1 Å². The highest BCUT2D eigenvalue weighted by Crippen LogP contribution is 2.42. The topological polar surface area (TPSA) is 148 Å². The molecule has 12 nitrogen and oxygen atoms in total. The van der Waals surface area contributed by atoms with E-state index < -0.39 is 41.7 Å². The maximum Gasteiger partial charge on any atom is 0.188 e. The molecule has 2 heterocycles. The van der Waals surface area contributed by atoms with Crippen LogP contribution < -0.4 is 0 Å². The minimum Gasteiger partial charge on any atom is -0.373 e. The number of carbonyl (C=O) groups is 4. The van der Waals surface area contributed by atoms with Gasteiger partial charge in [-0.25, -0.2) is 9.36 Å². The molecule has 0 spiro atoms. The monoisotopic (exact) mass is 628 g/mol. The number of Topliss-reactive ketones (excluding diaryl/α,β-unsaturated/α-hetero) is 4. The third-order valence-electron chi connectivity index (χ3n) is 7.81. The van der Waals surface area contributed by atoms with Crippen molar-refractivity contribution in [3.63, 3.8) is 0 Å². The van der Waals surface area contributed by atoms with Gasteiger partial charge in [0, 0.05) is 36.5 Å². The molecule has 0 N–H and O–H groups in total. The predicted molar refractivity (Wildman–Crippen MR) is 169 cm³/mol. The zero-order valence-corrected chi connectivity index (χ0v) is 29.2. The standard InChI is InChI=1S/C33H52N6O6/c1-16(2)29(40)25-27(31(42)18(5)6)38(36-34-25)21-15-24(45-33(11,12)13)22(14-23(21)44-20(9)10)39-28(32(43)19(7)8)26(35-37-39)30(41)17(3)4/h16-24H,14-15H2,1-13H3. The van der Waals surface area contributed by atoms with Gasteiger partial charge < -0.3 is 9.47 Å².